The van der Waals surface area contributed by atoms with Crippen LogP contribution in [-0.2, 0) is 24.1 Å². The molecule has 6 nitrogen and oxygen atoms in total. The Bertz CT molecular complexity index is 663. The van der Waals surface area contributed by atoms with Gasteiger partial charge < -0.3 is 24.7 Å². The van der Waals surface area contributed by atoms with Gasteiger partial charge in [0.25, 0.3) is 0 Å². The summed E-state index contributed by atoms with van der Waals surface area (Å²) in [5.41, 5.74) is 4.01. The van der Waals surface area contributed by atoms with Crippen molar-refractivity contribution in [3.05, 3.63) is 65.2 Å². The second-order valence-corrected chi connectivity index (χ2v) is 6.17. The third-order valence-electron chi connectivity index (χ3n) is 3.31. The number of phosphoric acid groups is 1. The molecular weight excluding hydrogens is 317 g/mol. The predicted molar refractivity (Wildman–Crippen MR) is 86.9 cm³/mol. The van der Waals surface area contributed by atoms with Crippen molar-refractivity contribution in [2.75, 3.05) is 6.54 Å². The molecule has 124 valence electrons. The lowest BCUT2D eigenvalue weighted by Crippen LogP contribution is -2.23. The van der Waals surface area contributed by atoms with E-state index in [9.17, 15) is 0 Å². The maximum Gasteiger partial charge on any atom is 0.466 e. The van der Waals surface area contributed by atoms with Crippen molar-refractivity contribution in [3.63, 3.8) is 0 Å². The summed E-state index contributed by atoms with van der Waals surface area (Å²) in [7, 11) is -4.64. The van der Waals surface area contributed by atoms with Gasteiger partial charge in [0.15, 0.2) is 0 Å². The maximum atomic E-state index is 8.88. The summed E-state index contributed by atoms with van der Waals surface area (Å²) < 4.78 is 14.7. The topological polar surface area (TPSA) is 99.0 Å². The summed E-state index contributed by atoms with van der Waals surface area (Å²) in [5.74, 6) is 0.960. The highest BCUT2D eigenvalue weighted by atomic mass is 31.2. The van der Waals surface area contributed by atoms with Crippen molar-refractivity contribution in [1.29, 1.82) is 0 Å². The third kappa shape index (κ3) is 6.95. The van der Waals surface area contributed by atoms with Crippen LogP contribution in [-0.4, -0.2) is 21.2 Å². The minimum absolute atomic E-state index is 0.632. The lowest BCUT2D eigenvalue weighted by Gasteiger charge is -2.18. The van der Waals surface area contributed by atoms with Crippen LogP contribution in [0.2, 0.25) is 0 Å². The molecule has 0 spiro atoms. The van der Waals surface area contributed by atoms with Gasteiger partial charge in [-0.1, -0.05) is 36.4 Å². The van der Waals surface area contributed by atoms with E-state index >= 15 is 0 Å². The molecule has 23 heavy (non-hydrogen) atoms. The van der Waals surface area contributed by atoms with Crippen LogP contribution >= 0.6 is 7.82 Å². The van der Waals surface area contributed by atoms with Crippen LogP contribution in [0.25, 0.3) is 0 Å². The second-order valence-electron chi connectivity index (χ2n) is 5.14. The Hall–Kier alpha value is -1.69. The fourth-order valence-corrected chi connectivity index (χ4v) is 2.29. The lowest BCUT2D eigenvalue weighted by molar-refractivity contribution is 0.275. The van der Waals surface area contributed by atoms with Crippen molar-refractivity contribution >= 4 is 7.82 Å². The Labute approximate surface area is 135 Å². The van der Waals surface area contributed by atoms with Crippen molar-refractivity contribution in [2.45, 2.75) is 19.6 Å². The number of benzene rings is 2. The van der Waals surface area contributed by atoms with Crippen LogP contribution in [0.1, 0.15) is 16.7 Å². The van der Waals surface area contributed by atoms with Gasteiger partial charge in [-0.2, -0.15) is 0 Å². The van der Waals surface area contributed by atoms with E-state index in [-0.39, 0.29) is 0 Å². The number of hydrogen-bond donors (Lipinski definition) is 4. The molecule has 0 aliphatic carbocycles. The molecule has 1 aliphatic rings. The largest absolute Gasteiger partial charge is 0.489 e. The SMILES string of the molecule is O=P(O)(O)O.c1ccc(COc2ccc3c(c2)CNCC3)cc1. The van der Waals surface area contributed by atoms with Crippen LogP contribution in [0.3, 0.4) is 0 Å². The predicted octanol–water partition coefficient (Wildman–Crippen LogP) is 1.98. The molecule has 0 fully saturated rings. The van der Waals surface area contributed by atoms with E-state index in [4.69, 9.17) is 24.0 Å². The molecule has 1 heterocycles. The average Bonchev–Trinajstić information content (AvgIpc) is 2.52. The van der Waals surface area contributed by atoms with Gasteiger partial charge in [0.05, 0.1) is 0 Å². The first kappa shape index (κ1) is 17.7. The number of hydrogen-bond acceptors (Lipinski definition) is 3. The highest BCUT2D eigenvalue weighted by Gasteiger charge is 2.09. The summed E-state index contributed by atoms with van der Waals surface area (Å²) in [6, 6.07) is 16.7. The molecule has 0 aromatic heterocycles. The van der Waals surface area contributed by atoms with E-state index in [0.717, 1.165) is 25.3 Å². The third-order valence-corrected chi connectivity index (χ3v) is 3.31. The zero-order chi connectivity index (χ0) is 16.7. The second kappa shape index (κ2) is 8.24. The molecule has 0 unspecified atom stereocenters. The molecule has 0 radical (unpaired) electrons. The molecule has 4 N–H and O–H groups in total. The fraction of sp³-hybridized carbons (Fsp3) is 0.250. The normalized spacial score (nSPS) is 13.5. The van der Waals surface area contributed by atoms with Gasteiger partial charge in [0.2, 0.25) is 0 Å². The van der Waals surface area contributed by atoms with Crippen molar-refractivity contribution in [3.8, 4) is 5.75 Å². The molecule has 0 atom stereocenters. The average molecular weight is 337 g/mol. The van der Waals surface area contributed by atoms with Gasteiger partial charge in [0.1, 0.15) is 12.4 Å². The number of rotatable bonds is 3. The molecule has 0 saturated carbocycles. The minimum atomic E-state index is -4.64. The lowest BCUT2D eigenvalue weighted by atomic mass is 10.0. The zero-order valence-corrected chi connectivity index (χ0v) is 13.4. The molecule has 0 amide bonds. The number of fused-ring (bicyclic) bond motifs is 1. The van der Waals surface area contributed by atoms with Gasteiger partial charge in [0, 0.05) is 6.54 Å². The van der Waals surface area contributed by atoms with E-state index < -0.39 is 7.82 Å². The van der Waals surface area contributed by atoms with Crippen molar-refractivity contribution < 1.29 is 24.0 Å². The van der Waals surface area contributed by atoms with Gasteiger partial charge in [-0.05, 0) is 41.8 Å². The Morgan fingerprint density at radius 2 is 1.74 bits per heavy atom. The van der Waals surface area contributed by atoms with Crippen LogP contribution in [0, 0.1) is 0 Å². The van der Waals surface area contributed by atoms with Gasteiger partial charge in [-0.25, -0.2) is 4.57 Å². The summed E-state index contributed by atoms with van der Waals surface area (Å²) in [4.78, 5) is 21.6. The molecule has 0 bridgehead atoms. The van der Waals surface area contributed by atoms with E-state index in [1.165, 1.54) is 16.7 Å². The molecule has 7 heteroatoms. The molecule has 0 saturated heterocycles. The first-order valence-electron chi connectivity index (χ1n) is 7.19. The fourth-order valence-electron chi connectivity index (χ4n) is 2.29. The summed E-state index contributed by atoms with van der Waals surface area (Å²) in [5, 5.41) is 3.39. The number of ether oxygens (including phenoxy) is 1. The molecule has 3 rings (SSSR count). The van der Waals surface area contributed by atoms with Gasteiger partial charge in [-0.3, -0.25) is 0 Å². The maximum absolute atomic E-state index is 8.88. The van der Waals surface area contributed by atoms with Crippen LogP contribution in [0.4, 0.5) is 0 Å². The Morgan fingerprint density at radius 1 is 1.04 bits per heavy atom. The van der Waals surface area contributed by atoms with E-state index in [2.05, 4.69) is 35.6 Å². The highest BCUT2D eigenvalue weighted by molar-refractivity contribution is 7.45. The first-order chi connectivity index (χ1) is 10.9. The van der Waals surface area contributed by atoms with E-state index in [0.29, 0.717) is 6.61 Å². The Balaban J connectivity index is 0.000000338. The standard InChI is InChI=1S/C16H17NO.H3O4P/c1-2-4-13(5-3-1)12-18-16-7-6-14-8-9-17-11-15(14)10-16;1-5(2,3)4/h1-7,10,17H,8-9,11-12H2;(H3,1,2,3,4). The van der Waals surface area contributed by atoms with Crippen LogP contribution < -0.4 is 10.1 Å². The monoisotopic (exact) mass is 337 g/mol. The van der Waals surface area contributed by atoms with E-state index in [1.807, 2.05) is 18.2 Å². The first-order valence-corrected chi connectivity index (χ1v) is 8.76. The highest BCUT2D eigenvalue weighted by Crippen LogP contribution is 2.25. The van der Waals surface area contributed by atoms with E-state index in [1.54, 1.807) is 0 Å². The molecule has 1 aliphatic heterocycles. The quantitative estimate of drug-likeness (QED) is 0.639. The Kier molecular flexibility index (Phi) is 6.33. The summed E-state index contributed by atoms with van der Waals surface area (Å²) >= 11 is 0. The van der Waals surface area contributed by atoms with Crippen LogP contribution in [0.5, 0.6) is 5.75 Å². The minimum Gasteiger partial charge on any atom is -0.489 e. The summed E-state index contributed by atoms with van der Waals surface area (Å²) in [6.45, 7) is 2.67. The summed E-state index contributed by atoms with van der Waals surface area (Å²) in [6.07, 6.45) is 1.12. The molecule has 2 aromatic carbocycles. The molecule has 2 aromatic rings. The Morgan fingerprint density at radius 3 is 2.43 bits per heavy atom. The van der Waals surface area contributed by atoms with Crippen LogP contribution in [0.15, 0.2) is 48.5 Å². The van der Waals surface area contributed by atoms with Gasteiger partial charge >= 0.3 is 7.82 Å². The van der Waals surface area contributed by atoms with Gasteiger partial charge in [-0.15, -0.1) is 0 Å². The zero-order valence-electron chi connectivity index (χ0n) is 12.6. The van der Waals surface area contributed by atoms with Crippen molar-refractivity contribution in [1.82, 2.24) is 5.32 Å². The smallest absolute Gasteiger partial charge is 0.466 e. The number of nitrogens with one attached hydrogen (secondary N) is 1. The molecular formula is C16H20NO5P. The van der Waals surface area contributed by atoms with Crippen molar-refractivity contribution in [2.24, 2.45) is 0 Å².